The maximum absolute atomic E-state index is 13.5. The number of rotatable bonds is 10. The van der Waals surface area contributed by atoms with Crippen LogP contribution in [0.3, 0.4) is 0 Å². The summed E-state index contributed by atoms with van der Waals surface area (Å²) in [5.41, 5.74) is 0.0912. The van der Waals surface area contributed by atoms with Crippen LogP contribution in [0.2, 0.25) is 0 Å². The summed E-state index contributed by atoms with van der Waals surface area (Å²) in [6.45, 7) is 9.44. The number of nitrogens with zero attached hydrogens (tertiary/aromatic N) is 1. The first-order chi connectivity index (χ1) is 17.3. The van der Waals surface area contributed by atoms with Crippen molar-refractivity contribution in [2.45, 2.75) is 90.1 Å². The predicted octanol–water partition coefficient (Wildman–Crippen LogP) is 2.18. The number of likely N-dealkylation sites (tertiary alicyclic amines) is 1. The lowest BCUT2D eigenvalue weighted by molar-refractivity contribution is -0.152. The maximum atomic E-state index is 13.5. The fourth-order valence-electron chi connectivity index (χ4n) is 4.32. The number of carbonyl (C=O) groups is 4. The molecule has 2 unspecified atom stereocenters. The van der Waals surface area contributed by atoms with E-state index in [9.17, 15) is 24.3 Å². The molecule has 4 atom stereocenters. The molecular formula is C27H41N3O7. The Kier molecular flexibility index (Phi) is 10.9. The highest BCUT2D eigenvalue weighted by Crippen LogP contribution is 2.21. The summed E-state index contributed by atoms with van der Waals surface area (Å²) in [6, 6.07) is 6.53. The Bertz CT molecular complexity index is 930. The van der Waals surface area contributed by atoms with Crippen LogP contribution in [0.5, 0.6) is 0 Å². The van der Waals surface area contributed by atoms with Gasteiger partial charge in [-0.3, -0.25) is 9.59 Å². The molecule has 1 aliphatic rings. The van der Waals surface area contributed by atoms with E-state index in [0.29, 0.717) is 25.8 Å². The van der Waals surface area contributed by atoms with Crippen molar-refractivity contribution in [1.29, 1.82) is 0 Å². The number of esters is 1. The highest BCUT2D eigenvalue weighted by atomic mass is 16.6. The van der Waals surface area contributed by atoms with Crippen LogP contribution >= 0.6 is 0 Å². The standard InChI is InChI=1S/C27H41N3O7/c1-17(2)15-20(29-26(35)37-27(3,4)5)24(33)30-14-10-13-21(30)23(32)28-19(22(31)25(34)36-6)16-18-11-8-7-9-12-18/h7-9,11-12,17,19-22,31H,10,13-16H2,1-6H3,(H,28,32)(H,29,35)/t19?,20-,21-,22?/m0/s1. The van der Waals surface area contributed by atoms with Crippen LogP contribution in [0.1, 0.15) is 59.4 Å². The Hall–Kier alpha value is -3.14. The number of aliphatic hydroxyl groups excluding tert-OH is 1. The molecule has 10 heteroatoms. The topological polar surface area (TPSA) is 134 Å². The summed E-state index contributed by atoms with van der Waals surface area (Å²) in [6.07, 6.45) is -0.684. The average molecular weight is 520 g/mol. The quantitative estimate of drug-likeness (QED) is 0.403. The molecule has 3 amide bonds. The van der Waals surface area contributed by atoms with Gasteiger partial charge in [-0.25, -0.2) is 9.59 Å². The average Bonchev–Trinajstić information content (AvgIpc) is 3.31. The van der Waals surface area contributed by atoms with E-state index in [1.54, 1.807) is 20.8 Å². The Morgan fingerprint density at radius 3 is 2.32 bits per heavy atom. The summed E-state index contributed by atoms with van der Waals surface area (Å²) in [5, 5.41) is 16.0. The third-order valence-corrected chi connectivity index (χ3v) is 5.98. The number of hydrogen-bond acceptors (Lipinski definition) is 7. The molecule has 1 aromatic rings. The maximum Gasteiger partial charge on any atom is 0.408 e. The van der Waals surface area contributed by atoms with E-state index in [1.807, 2.05) is 44.2 Å². The second-order valence-corrected chi connectivity index (χ2v) is 10.8. The number of carbonyl (C=O) groups excluding carboxylic acids is 4. The molecule has 1 aromatic carbocycles. The summed E-state index contributed by atoms with van der Waals surface area (Å²) < 4.78 is 10.0. The fourth-order valence-corrected chi connectivity index (χ4v) is 4.32. The van der Waals surface area contributed by atoms with E-state index in [0.717, 1.165) is 12.7 Å². The van der Waals surface area contributed by atoms with Crippen molar-refractivity contribution in [3.8, 4) is 0 Å². The molecule has 0 bridgehead atoms. The summed E-state index contributed by atoms with van der Waals surface area (Å²) >= 11 is 0. The minimum atomic E-state index is -1.58. The highest BCUT2D eigenvalue weighted by Gasteiger charge is 2.40. The van der Waals surface area contributed by atoms with Crippen molar-refractivity contribution in [3.63, 3.8) is 0 Å². The van der Waals surface area contributed by atoms with Crippen LogP contribution in [-0.2, 0) is 30.3 Å². The van der Waals surface area contributed by atoms with E-state index in [1.165, 1.54) is 4.90 Å². The van der Waals surface area contributed by atoms with Crippen LogP contribution in [-0.4, -0.2) is 77.4 Å². The van der Waals surface area contributed by atoms with Gasteiger partial charge in [0.1, 0.15) is 17.7 Å². The lowest BCUT2D eigenvalue weighted by atomic mass is 10.00. The van der Waals surface area contributed by atoms with Crippen LogP contribution in [0.4, 0.5) is 4.79 Å². The highest BCUT2D eigenvalue weighted by molar-refractivity contribution is 5.92. The number of aliphatic hydroxyl groups is 1. The van der Waals surface area contributed by atoms with Crippen molar-refractivity contribution in [3.05, 3.63) is 35.9 Å². The second-order valence-electron chi connectivity index (χ2n) is 10.8. The van der Waals surface area contributed by atoms with E-state index >= 15 is 0 Å². The zero-order valence-electron chi connectivity index (χ0n) is 22.7. The molecule has 1 saturated heterocycles. The molecular weight excluding hydrogens is 478 g/mol. The first-order valence-electron chi connectivity index (χ1n) is 12.7. The third kappa shape index (κ3) is 9.35. The molecule has 1 aliphatic heterocycles. The molecule has 3 N–H and O–H groups in total. The number of benzene rings is 1. The SMILES string of the molecule is COC(=O)C(O)C(Cc1ccccc1)NC(=O)[C@@H]1CCCN1C(=O)[C@H](CC(C)C)NC(=O)OC(C)(C)C. The molecule has 0 spiro atoms. The van der Waals surface area contributed by atoms with Crippen molar-refractivity contribution in [2.24, 2.45) is 5.92 Å². The zero-order chi connectivity index (χ0) is 27.8. The van der Waals surface area contributed by atoms with E-state index < -0.39 is 47.8 Å². The van der Waals surface area contributed by atoms with Gasteiger partial charge in [0.2, 0.25) is 11.8 Å². The summed E-state index contributed by atoms with van der Waals surface area (Å²) in [7, 11) is 1.16. The predicted molar refractivity (Wildman–Crippen MR) is 137 cm³/mol. The third-order valence-electron chi connectivity index (χ3n) is 5.98. The zero-order valence-corrected chi connectivity index (χ0v) is 22.7. The van der Waals surface area contributed by atoms with Gasteiger partial charge in [-0.05, 0) is 57.9 Å². The van der Waals surface area contributed by atoms with Crippen LogP contribution in [0.25, 0.3) is 0 Å². The molecule has 37 heavy (non-hydrogen) atoms. The lowest BCUT2D eigenvalue weighted by Gasteiger charge is -2.31. The van der Waals surface area contributed by atoms with E-state index in [-0.39, 0.29) is 18.2 Å². The Morgan fingerprint density at radius 2 is 1.76 bits per heavy atom. The largest absolute Gasteiger partial charge is 0.467 e. The monoisotopic (exact) mass is 519 g/mol. The first-order valence-corrected chi connectivity index (χ1v) is 12.7. The van der Waals surface area contributed by atoms with Crippen molar-refractivity contribution in [1.82, 2.24) is 15.5 Å². The Labute approximate surface area is 219 Å². The van der Waals surface area contributed by atoms with Gasteiger partial charge < -0.3 is 30.1 Å². The van der Waals surface area contributed by atoms with Crippen LogP contribution in [0.15, 0.2) is 30.3 Å². The van der Waals surface area contributed by atoms with Gasteiger partial charge in [0.15, 0.2) is 6.10 Å². The number of nitrogens with one attached hydrogen (secondary N) is 2. The molecule has 2 rings (SSSR count). The normalized spacial score (nSPS) is 18.1. The molecule has 10 nitrogen and oxygen atoms in total. The summed E-state index contributed by atoms with van der Waals surface area (Å²) in [4.78, 5) is 52.8. The van der Waals surface area contributed by atoms with E-state index in [2.05, 4.69) is 15.4 Å². The van der Waals surface area contributed by atoms with Gasteiger partial charge >= 0.3 is 12.1 Å². The van der Waals surface area contributed by atoms with Crippen LogP contribution in [0, 0.1) is 5.92 Å². The number of hydrogen-bond donors (Lipinski definition) is 3. The van der Waals surface area contributed by atoms with E-state index in [4.69, 9.17) is 4.74 Å². The molecule has 0 aromatic heterocycles. The number of alkyl carbamates (subject to hydrolysis) is 1. The minimum absolute atomic E-state index is 0.101. The Morgan fingerprint density at radius 1 is 1.11 bits per heavy atom. The van der Waals surface area contributed by atoms with Crippen molar-refractivity contribution >= 4 is 23.9 Å². The molecule has 1 fully saturated rings. The number of methoxy groups -OCH3 is 1. The second kappa shape index (κ2) is 13.4. The molecule has 0 aliphatic carbocycles. The van der Waals surface area contributed by atoms with Gasteiger partial charge in [0.25, 0.3) is 0 Å². The van der Waals surface area contributed by atoms with Gasteiger partial charge in [-0.2, -0.15) is 0 Å². The van der Waals surface area contributed by atoms with Crippen LogP contribution < -0.4 is 10.6 Å². The molecule has 206 valence electrons. The number of ether oxygens (including phenoxy) is 2. The first kappa shape index (κ1) is 30.1. The molecule has 0 radical (unpaired) electrons. The summed E-state index contributed by atoms with van der Waals surface area (Å²) in [5.74, 6) is -1.61. The smallest absolute Gasteiger partial charge is 0.408 e. The van der Waals surface area contributed by atoms with Gasteiger partial charge in [0.05, 0.1) is 13.2 Å². The minimum Gasteiger partial charge on any atom is -0.467 e. The molecule has 0 saturated carbocycles. The number of amides is 3. The fraction of sp³-hybridized carbons (Fsp3) is 0.630. The van der Waals surface area contributed by atoms with Crippen molar-refractivity contribution < 1.29 is 33.8 Å². The van der Waals surface area contributed by atoms with Crippen molar-refractivity contribution in [2.75, 3.05) is 13.7 Å². The van der Waals surface area contributed by atoms with Gasteiger partial charge in [-0.1, -0.05) is 44.2 Å². The van der Waals surface area contributed by atoms with Gasteiger partial charge in [0, 0.05) is 6.54 Å². The Balaban J connectivity index is 2.19. The lowest BCUT2D eigenvalue weighted by Crippen LogP contribution is -2.57. The molecule has 1 heterocycles. The van der Waals surface area contributed by atoms with Gasteiger partial charge in [-0.15, -0.1) is 0 Å².